The van der Waals surface area contributed by atoms with Crippen molar-refractivity contribution in [2.75, 3.05) is 6.61 Å². The molecule has 0 heterocycles. The molecule has 0 aliphatic heterocycles. The molecule has 0 spiro atoms. The first-order chi connectivity index (χ1) is 15.0. The average molecular weight is 445 g/mol. The van der Waals surface area contributed by atoms with Gasteiger partial charge in [0.1, 0.15) is 11.6 Å². The minimum Gasteiger partial charge on any atom is -0.493 e. The van der Waals surface area contributed by atoms with Crippen LogP contribution in [0.4, 0.5) is 4.39 Å². The number of benzene rings is 1. The smallest absolute Gasteiger partial charge is 0.348 e. The van der Waals surface area contributed by atoms with E-state index in [4.69, 9.17) is 9.47 Å². The molecule has 0 saturated heterocycles. The van der Waals surface area contributed by atoms with E-state index in [1.807, 2.05) is 0 Å². The molecule has 3 aliphatic carbocycles. The Balaban J connectivity index is 1.54. The second kappa shape index (κ2) is 8.46. The molecular formula is C27H37FO4. The molecule has 1 aromatic rings. The van der Waals surface area contributed by atoms with E-state index < -0.39 is 23.2 Å². The van der Waals surface area contributed by atoms with Crippen molar-refractivity contribution in [3.8, 4) is 5.75 Å². The lowest BCUT2D eigenvalue weighted by Gasteiger charge is -2.49. The van der Waals surface area contributed by atoms with Crippen molar-refractivity contribution in [1.29, 1.82) is 0 Å². The highest BCUT2D eigenvalue weighted by Crippen LogP contribution is 2.53. The summed E-state index contributed by atoms with van der Waals surface area (Å²) in [5, 5.41) is 0. The van der Waals surface area contributed by atoms with Crippen LogP contribution in [0.15, 0.2) is 12.1 Å². The molecule has 3 aliphatic rings. The van der Waals surface area contributed by atoms with Gasteiger partial charge in [-0.25, -0.2) is 9.18 Å². The van der Waals surface area contributed by atoms with Crippen molar-refractivity contribution >= 4 is 11.9 Å². The topological polar surface area (TPSA) is 52.6 Å². The standard InChI is InChI=1S/C27H37FO4/c1-16-8-18-9-17(2)13-27(12-16,14-18)15-31-23-11-22(28)21(10-20(23)19-6-7-19)24(29)32-25(30)26(3,4)5/h10-11,16-19H,6-9,12-15H2,1-5H3. The van der Waals surface area contributed by atoms with Crippen molar-refractivity contribution in [3.05, 3.63) is 29.1 Å². The summed E-state index contributed by atoms with van der Waals surface area (Å²) < 4.78 is 26.3. The number of halogens is 1. The molecule has 3 fully saturated rings. The van der Waals surface area contributed by atoms with Gasteiger partial charge >= 0.3 is 11.9 Å². The number of carbonyl (C=O) groups is 2. The van der Waals surface area contributed by atoms with E-state index in [0.29, 0.717) is 24.2 Å². The Labute approximate surface area is 191 Å². The summed E-state index contributed by atoms with van der Waals surface area (Å²) in [7, 11) is 0. The molecule has 4 nitrogen and oxygen atoms in total. The maximum absolute atomic E-state index is 15.0. The summed E-state index contributed by atoms with van der Waals surface area (Å²) in [5.41, 5.74) is 0.00316. The van der Waals surface area contributed by atoms with E-state index in [-0.39, 0.29) is 16.9 Å². The van der Waals surface area contributed by atoms with Crippen LogP contribution in [0.3, 0.4) is 0 Å². The fraction of sp³-hybridized carbons (Fsp3) is 0.704. The third-order valence-electron chi connectivity index (χ3n) is 7.42. The highest BCUT2D eigenvalue weighted by molar-refractivity contribution is 5.98. The van der Waals surface area contributed by atoms with Crippen LogP contribution in [-0.4, -0.2) is 18.5 Å². The summed E-state index contributed by atoms with van der Waals surface area (Å²) in [6.45, 7) is 10.3. The lowest BCUT2D eigenvalue weighted by atomic mass is 9.57. The minimum absolute atomic E-state index is 0.161. The van der Waals surface area contributed by atoms with Gasteiger partial charge in [0.2, 0.25) is 0 Å². The van der Waals surface area contributed by atoms with Gasteiger partial charge in [0.05, 0.1) is 17.6 Å². The number of esters is 2. The van der Waals surface area contributed by atoms with Crippen molar-refractivity contribution in [2.45, 2.75) is 85.5 Å². The highest BCUT2D eigenvalue weighted by Gasteiger charge is 2.45. The molecule has 176 valence electrons. The van der Waals surface area contributed by atoms with Gasteiger partial charge in [-0.05, 0) is 101 Å². The molecule has 0 aromatic heterocycles. The number of rotatable bonds is 5. The normalized spacial score (nSPS) is 30.0. The van der Waals surface area contributed by atoms with Crippen LogP contribution in [0.2, 0.25) is 0 Å². The molecule has 0 N–H and O–H groups in total. The lowest BCUT2D eigenvalue weighted by Crippen LogP contribution is -2.43. The van der Waals surface area contributed by atoms with Gasteiger partial charge in [-0.3, -0.25) is 4.79 Å². The first-order valence-corrected chi connectivity index (χ1v) is 12.2. The van der Waals surface area contributed by atoms with Gasteiger partial charge in [-0.2, -0.15) is 0 Å². The van der Waals surface area contributed by atoms with Crippen molar-refractivity contribution in [3.63, 3.8) is 0 Å². The fourth-order valence-electron chi connectivity index (χ4n) is 6.17. The van der Waals surface area contributed by atoms with Crippen LogP contribution in [-0.2, 0) is 9.53 Å². The molecule has 5 heteroatoms. The Morgan fingerprint density at radius 3 is 2.25 bits per heavy atom. The monoisotopic (exact) mass is 444 g/mol. The number of fused-ring (bicyclic) bond motifs is 2. The Hall–Kier alpha value is -1.91. The van der Waals surface area contributed by atoms with Gasteiger partial charge in [0.15, 0.2) is 0 Å². The van der Waals surface area contributed by atoms with E-state index >= 15 is 0 Å². The van der Waals surface area contributed by atoms with Crippen LogP contribution in [0, 0.1) is 34.4 Å². The fourth-order valence-corrected chi connectivity index (χ4v) is 6.17. The second-order valence-corrected chi connectivity index (χ2v) is 12.0. The van der Waals surface area contributed by atoms with Crippen LogP contribution in [0.1, 0.15) is 101 Å². The zero-order chi connectivity index (χ0) is 23.3. The quantitative estimate of drug-likeness (QED) is 0.376. The van der Waals surface area contributed by atoms with E-state index in [2.05, 4.69) is 13.8 Å². The number of hydrogen-bond acceptors (Lipinski definition) is 4. The van der Waals surface area contributed by atoms with Crippen molar-refractivity contribution in [2.24, 2.45) is 28.6 Å². The van der Waals surface area contributed by atoms with Gasteiger partial charge in [-0.1, -0.05) is 13.8 Å². The Bertz CT molecular complexity index is 876. The van der Waals surface area contributed by atoms with Gasteiger partial charge in [0, 0.05) is 11.5 Å². The predicted molar refractivity (Wildman–Crippen MR) is 121 cm³/mol. The summed E-state index contributed by atoms with van der Waals surface area (Å²) in [6.07, 6.45) is 8.12. The lowest BCUT2D eigenvalue weighted by molar-refractivity contribution is -0.146. The molecule has 2 bridgehead atoms. The maximum atomic E-state index is 15.0. The maximum Gasteiger partial charge on any atom is 0.348 e. The van der Waals surface area contributed by atoms with Crippen LogP contribution < -0.4 is 4.74 Å². The summed E-state index contributed by atoms with van der Waals surface area (Å²) in [6, 6.07) is 2.88. The molecule has 4 rings (SSSR count). The van der Waals surface area contributed by atoms with E-state index in [1.165, 1.54) is 25.3 Å². The second-order valence-electron chi connectivity index (χ2n) is 12.0. The molecule has 32 heavy (non-hydrogen) atoms. The molecule has 0 radical (unpaired) electrons. The van der Waals surface area contributed by atoms with Crippen molar-refractivity contribution < 1.29 is 23.5 Å². The number of hydrogen-bond donors (Lipinski definition) is 0. The SMILES string of the molecule is CC1CC2CC(C)CC(COc3cc(F)c(C(=O)OC(=O)C(C)(C)C)cc3C3CC3)(C1)C2. The average Bonchev–Trinajstić information content (AvgIpc) is 3.49. The molecule has 2 atom stereocenters. The van der Waals surface area contributed by atoms with Crippen molar-refractivity contribution in [1.82, 2.24) is 0 Å². The highest BCUT2D eigenvalue weighted by atomic mass is 19.1. The summed E-state index contributed by atoms with van der Waals surface area (Å²) in [4.78, 5) is 24.6. The molecule has 3 saturated carbocycles. The first-order valence-electron chi connectivity index (χ1n) is 12.2. The Morgan fingerprint density at radius 1 is 1.06 bits per heavy atom. The Morgan fingerprint density at radius 2 is 1.69 bits per heavy atom. The zero-order valence-corrected chi connectivity index (χ0v) is 20.1. The van der Waals surface area contributed by atoms with Gasteiger partial charge in [0.25, 0.3) is 0 Å². The van der Waals surface area contributed by atoms with E-state index in [9.17, 15) is 14.0 Å². The van der Waals surface area contributed by atoms with Crippen LogP contribution in [0.25, 0.3) is 0 Å². The largest absolute Gasteiger partial charge is 0.493 e. The van der Waals surface area contributed by atoms with E-state index in [1.54, 1.807) is 26.8 Å². The third-order valence-corrected chi connectivity index (χ3v) is 7.42. The third kappa shape index (κ3) is 5.02. The summed E-state index contributed by atoms with van der Waals surface area (Å²) >= 11 is 0. The molecule has 0 amide bonds. The first kappa shape index (κ1) is 23.3. The van der Waals surface area contributed by atoms with Crippen LogP contribution in [0.5, 0.6) is 5.75 Å². The summed E-state index contributed by atoms with van der Waals surface area (Å²) in [5.74, 6) is 0.691. The molecule has 1 aromatic carbocycles. The number of carbonyl (C=O) groups excluding carboxylic acids is 2. The van der Waals surface area contributed by atoms with Crippen LogP contribution >= 0.6 is 0 Å². The van der Waals surface area contributed by atoms with Gasteiger partial charge < -0.3 is 9.47 Å². The zero-order valence-electron chi connectivity index (χ0n) is 20.1. The minimum atomic E-state index is -0.931. The number of ether oxygens (including phenoxy) is 2. The molecular weight excluding hydrogens is 407 g/mol. The van der Waals surface area contributed by atoms with Gasteiger partial charge in [-0.15, -0.1) is 0 Å². The Kier molecular flexibility index (Phi) is 6.15. The predicted octanol–water partition coefficient (Wildman–Crippen LogP) is 6.66. The molecule has 2 unspecified atom stereocenters. The van der Waals surface area contributed by atoms with E-state index in [0.717, 1.165) is 37.2 Å².